The molecule has 5 rings (SSSR count). The molecule has 6 nitrogen and oxygen atoms in total. The Morgan fingerprint density at radius 2 is 1.69 bits per heavy atom. The highest BCUT2D eigenvalue weighted by Crippen LogP contribution is 2.31. The van der Waals surface area contributed by atoms with Gasteiger partial charge in [0.1, 0.15) is 0 Å². The first kappa shape index (κ1) is 32.8. The highest BCUT2D eigenvalue weighted by atomic mass is 35.5. The lowest BCUT2D eigenvalue weighted by Crippen LogP contribution is -2.39. The number of nitrogens with one attached hydrogen (secondary N) is 1. The van der Waals surface area contributed by atoms with Crippen LogP contribution in [-0.4, -0.2) is 48.8 Å². The summed E-state index contributed by atoms with van der Waals surface area (Å²) >= 11 is 8.94. The van der Waals surface area contributed by atoms with Gasteiger partial charge in [0.05, 0.1) is 13.2 Å². The average Bonchev–Trinajstić information content (AvgIpc) is 3.72. The van der Waals surface area contributed by atoms with E-state index < -0.39 is 5.79 Å². The Balaban J connectivity index is 0.000000211. The molecule has 1 atom stereocenters. The van der Waals surface area contributed by atoms with Crippen LogP contribution in [0.2, 0.25) is 5.02 Å². The molecule has 2 aliphatic heterocycles. The molecule has 1 N–H and O–H groups in total. The Labute approximate surface area is 246 Å². The quantitative estimate of drug-likeness (QED) is 0.306. The van der Waals surface area contributed by atoms with E-state index in [4.69, 9.17) is 21.1 Å². The molecule has 2 aromatic carbocycles. The van der Waals surface area contributed by atoms with E-state index in [1.165, 1.54) is 14.7 Å². The molecule has 0 unspecified atom stereocenters. The molecule has 9 heteroatoms. The number of rotatable bonds is 6. The zero-order valence-corrected chi connectivity index (χ0v) is 25.5. The van der Waals surface area contributed by atoms with E-state index in [2.05, 4.69) is 28.9 Å². The number of hydrogen-bond acceptors (Lipinski definition) is 6. The monoisotopic (exact) mass is 590 g/mol. The summed E-state index contributed by atoms with van der Waals surface area (Å²) in [4.78, 5) is 27.5. The van der Waals surface area contributed by atoms with Gasteiger partial charge in [-0.1, -0.05) is 73.6 Å². The predicted molar refractivity (Wildman–Crippen MR) is 161 cm³/mol. The number of nitrogens with zero attached hydrogens (tertiary/aromatic N) is 1. The van der Waals surface area contributed by atoms with E-state index in [1.807, 2.05) is 81.1 Å². The molecule has 0 bridgehead atoms. The van der Waals surface area contributed by atoms with Crippen LogP contribution in [0.25, 0.3) is 0 Å². The molecule has 3 heterocycles. The first-order valence-corrected chi connectivity index (χ1v) is 15.2. The lowest BCUT2D eigenvalue weighted by Gasteiger charge is -2.20. The summed E-state index contributed by atoms with van der Waals surface area (Å²) in [5.74, 6) is -0.506. The third kappa shape index (κ3) is 12.6. The summed E-state index contributed by atoms with van der Waals surface area (Å²) in [7, 11) is 0. The third-order valence-electron chi connectivity index (χ3n) is 5.40. The zero-order valence-electron chi connectivity index (χ0n) is 23.1. The topological polar surface area (TPSA) is 67.9 Å². The van der Waals surface area contributed by atoms with Crippen LogP contribution in [-0.2, 0) is 25.6 Å². The van der Waals surface area contributed by atoms with Gasteiger partial charge in [-0.25, -0.2) is 0 Å². The van der Waals surface area contributed by atoms with Crippen LogP contribution in [0.3, 0.4) is 0 Å². The fourth-order valence-corrected chi connectivity index (χ4v) is 5.66. The van der Waals surface area contributed by atoms with Crippen molar-refractivity contribution in [2.45, 2.75) is 68.8 Å². The fraction of sp³-hybridized carbons (Fsp3) is 0.400. The van der Waals surface area contributed by atoms with Gasteiger partial charge in [-0.15, -0.1) is 11.3 Å². The summed E-state index contributed by atoms with van der Waals surface area (Å²) in [6.45, 7) is 10.4. The Morgan fingerprint density at radius 3 is 2.21 bits per heavy atom. The number of amides is 2. The second-order valence-corrected chi connectivity index (χ2v) is 11.4. The summed E-state index contributed by atoms with van der Waals surface area (Å²) in [5, 5.41) is 5.57. The van der Waals surface area contributed by atoms with Crippen LogP contribution in [0.4, 0.5) is 0 Å². The van der Waals surface area contributed by atoms with Gasteiger partial charge < -0.3 is 19.7 Å². The van der Waals surface area contributed by atoms with E-state index in [0.29, 0.717) is 13.2 Å². The molecule has 2 aliphatic rings. The minimum atomic E-state index is -0.597. The van der Waals surface area contributed by atoms with E-state index in [0.717, 1.165) is 37.4 Å². The number of likely N-dealkylation sites (tertiary alicyclic amines) is 1. The number of ether oxygens (including phenoxy) is 2. The largest absolute Gasteiger partial charge is 0.354 e. The van der Waals surface area contributed by atoms with Crippen LogP contribution < -0.4 is 5.32 Å². The standard InChI is InChI=1S/C12H11NOS2.C10H17NO3.C6H5Cl.C2H6/c14-9-13-7-11-6-12(8-15-11)16-10-4-2-1-3-5-10;1-10(2)13-7-8(14-10)9(12)11-5-3-4-6-11;7-6-4-2-1-3-5-6;1-2/h1-6,8-9H,7H2,(H,13,14);8H,3-7H2,1-2H3;1-5H;1-2H3/t;8-;;/m.1../s1. The second kappa shape index (κ2) is 18.1. The van der Waals surface area contributed by atoms with Crippen molar-refractivity contribution >= 4 is 47.0 Å². The first-order valence-electron chi connectivity index (χ1n) is 13.1. The normalized spacial score (nSPS) is 16.9. The smallest absolute Gasteiger partial charge is 0.254 e. The summed E-state index contributed by atoms with van der Waals surface area (Å²) < 4.78 is 10.9. The van der Waals surface area contributed by atoms with Gasteiger partial charge in [-0.3, -0.25) is 9.59 Å². The van der Waals surface area contributed by atoms with E-state index in [-0.39, 0.29) is 12.0 Å². The molecule has 3 aromatic rings. The maximum absolute atomic E-state index is 11.9. The highest BCUT2D eigenvalue weighted by Gasteiger charge is 2.39. The molecule has 2 fully saturated rings. The molecular weight excluding hydrogens is 552 g/mol. The van der Waals surface area contributed by atoms with E-state index >= 15 is 0 Å². The van der Waals surface area contributed by atoms with Gasteiger partial charge in [-0.05, 0) is 57.0 Å². The molecule has 0 spiro atoms. The van der Waals surface area contributed by atoms with Crippen molar-refractivity contribution in [2.24, 2.45) is 0 Å². The number of hydrogen-bond donors (Lipinski definition) is 1. The summed E-state index contributed by atoms with van der Waals surface area (Å²) in [6, 6.07) is 21.8. The minimum absolute atomic E-state index is 0.0908. The van der Waals surface area contributed by atoms with Crippen molar-refractivity contribution in [3.8, 4) is 0 Å². The molecular formula is C30H39ClN2O4S2. The molecule has 39 heavy (non-hydrogen) atoms. The highest BCUT2D eigenvalue weighted by molar-refractivity contribution is 7.99. The first-order chi connectivity index (χ1) is 18.9. The number of carbonyl (C=O) groups is 2. The van der Waals surface area contributed by atoms with Crippen molar-refractivity contribution in [1.82, 2.24) is 10.2 Å². The van der Waals surface area contributed by atoms with Crippen LogP contribution in [0.15, 0.2) is 81.9 Å². The maximum Gasteiger partial charge on any atom is 0.254 e. The van der Waals surface area contributed by atoms with Crippen molar-refractivity contribution in [2.75, 3.05) is 19.7 Å². The zero-order chi connectivity index (χ0) is 28.5. The van der Waals surface area contributed by atoms with Crippen LogP contribution >= 0.6 is 34.7 Å². The third-order valence-corrected chi connectivity index (χ3v) is 7.72. The van der Waals surface area contributed by atoms with E-state index in [9.17, 15) is 9.59 Å². The molecule has 1 aromatic heterocycles. The average molecular weight is 591 g/mol. The lowest BCUT2D eigenvalue weighted by atomic mass is 10.3. The molecule has 0 aliphatic carbocycles. The predicted octanol–water partition coefficient (Wildman–Crippen LogP) is 7.27. The molecule has 2 saturated heterocycles. The van der Waals surface area contributed by atoms with Gasteiger partial charge in [0.2, 0.25) is 6.41 Å². The van der Waals surface area contributed by atoms with E-state index in [1.54, 1.807) is 23.1 Å². The lowest BCUT2D eigenvalue weighted by molar-refractivity contribution is -0.159. The number of benzene rings is 2. The number of carbonyl (C=O) groups excluding carboxylic acids is 2. The van der Waals surface area contributed by atoms with Gasteiger partial charge in [0.25, 0.3) is 5.91 Å². The summed E-state index contributed by atoms with van der Waals surface area (Å²) in [6.07, 6.45) is 2.57. The number of thiophene rings is 1. The second-order valence-electron chi connectivity index (χ2n) is 8.81. The Hall–Kier alpha value is -2.36. The van der Waals surface area contributed by atoms with Gasteiger partial charge in [0.15, 0.2) is 11.9 Å². The number of halogens is 1. The van der Waals surface area contributed by atoms with Crippen LogP contribution in [0.5, 0.6) is 0 Å². The summed E-state index contributed by atoms with van der Waals surface area (Å²) in [5.41, 5.74) is 0. The van der Waals surface area contributed by atoms with Crippen molar-refractivity contribution < 1.29 is 19.1 Å². The SMILES string of the molecule is CC.CC1(C)OC[C@H](C(=O)N2CCCC2)O1.Clc1ccccc1.O=CNCc1cc(Sc2ccccc2)cs1. The Bertz CT molecular complexity index is 1090. The molecule has 0 saturated carbocycles. The molecule has 0 radical (unpaired) electrons. The Morgan fingerprint density at radius 1 is 1.08 bits per heavy atom. The van der Waals surface area contributed by atoms with Crippen molar-refractivity contribution in [1.29, 1.82) is 0 Å². The maximum atomic E-state index is 11.9. The van der Waals surface area contributed by atoms with Crippen LogP contribution in [0, 0.1) is 0 Å². The van der Waals surface area contributed by atoms with Gasteiger partial charge >= 0.3 is 0 Å². The van der Waals surface area contributed by atoms with Crippen molar-refractivity contribution in [3.05, 3.63) is 82.0 Å². The molecule has 2 amide bonds. The van der Waals surface area contributed by atoms with Crippen LogP contribution in [0.1, 0.15) is 45.4 Å². The Kier molecular flexibility index (Phi) is 15.2. The minimum Gasteiger partial charge on any atom is -0.354 e. The van der Waals surface area contributed by atoms with Gasteiger partial charge in [-0.2, -0.15) is 0 Å². The van der Waals surface area contributed by atoms with Gasteiger partial charge in [0, 0.05) is 38.2 Å². The van der Waals surface area contributed by atoms with Crippen molar-refractivity contribution in [3.63, 3.8) is 0 Å². The fourth-order valence-electron chi connectivity index (χ4n) is 3.64. The molecule has 212 valence electrons.